The Hall–Kier alpha value is -2.68. The maximum atomic E-state index is 13.0. The Balaban J connectivity index is 1.62. The lowest BCUT2D eigenvalue weighted by atomic mass is 10.2. The van der Waals surface area contributed by atoms with Gasteiger partial charge in [0.25, 0.3) is 5.91 Å². The number of amides is 1. The van der Waals surface area contributed by atoms with Crippen molar-refractivity contribution in [3.63, 3.8) is 0 Å². The maximum absolute atomic E-state index is 13.0. The average Bonchev–Trinajstić information content (AvgIpc) is 2.86. The van der Waals surface area contributed by atoms with Gasteiger partial charge in [-0.1, -0.05) is 15.9 Å². The second-order valence-corrected chi connectivity index (χ2v) is 5.88. The lowest BCUT2D eigenvalue weighted by molar-refractivity contribution is -0.286. The Kier molecular flexibility index (Phi) is 4.58. The predicted octanol–water partition coefficient (Wildman–Crippen LogP) is 3.60. The summed E-state index contributed by atoms with van der Waals surface area (Å²) in [5.74, 6) is -0.589. The molecule has 0 aliphatic carbocycles. The Morgan fingerprint density at radius 3 is 2.72 bits per heavy atom. The number of anilines is 1. The molecule has 1 heterocycles. The van der Waals surface area contributed by atoms with Crippen LogP contribution in [0.2, 0.25) is 0 Å². The number of rotatable bonds is 5. The molecule has 1 amide bonds. The van der Waals surface area contributed by atoms with Gasteiger partial charge in [0.05, 0.1) is 5.56 Å². The zero-order valence-electron chi connectivity index (χ0n) is 12.4. The van der Waals surface area contributed by atoms with Crippen molar-refractivity contribution in [3.8, 4) is 17.2 Å². The van der Waals surface area contributed by atoms with E-state index in [0.717, 1.165) is 0 Å². The zero-order chi connectivity index (χ0) is 18.0. The van der Waals surface area contributed by atoms with Crippen molar-refractivity contribution in [1.82, 2.24) is 0 Å². The van der Waals surface area contributed by atoms with Gasteiger partial charge in [-0.05, 0) is 30.3 Å². The first-order valence-electron chi connectivity index (χ1n) is 6.93. The van der Waals surface area contributed by atoms with Crippen LogP contribution in [0.1, 0.15) is 10.4 Å². The number of nitrogens with one attached hydrogen (secondary N) is 1. The minimum atomic E-state index is -3.72. The minimum Gasteiger partial charge on any atom is -0.483 e. The van der Waals surface area contributed by atoms with Crippen molar-refractivity contribution < 1.29 is 32.6 Å². The summed E-state index contributed by atoms with van der Waals surface area (Å²) >= 11 is 3.22. The van der Waals surface area contributed by atoms with Gasteiger partial charge >= 0.3 is 6.29 Å². The topological polar surface area (TPSA) is 73.9 Å². The summed E-state index contributed by atoms with van der Waals surface area (Å²) in [5.41, 5.74) is 0.521. The molecule has 9 heteroatoms. The molecule has 0 bridgehead atoms. The number of hydrogen-bond donors (Lipinski definition) is 1. The second-order valence-electron chi connectivity index (χ2n) is 4.97. The van der Waals surface area contributed by atoms with Crippen molar-refractivity contribution >= 4 is 33.8 Å². The lowest BCUT2D eigenvalue weighted by Gasteiger charge is -2.09. The van der Waals surface area contributed by atoms with Gasteiger partial charge in [0.2, 0.25) is 0 Å². The summed E-state index contributed by atoms with van der Waals surface area (Å²) < 4.78 is 40.5. The molecule has 1 aliphatic heterocycles. The third-order valence-corrected chi connectivity index (χ3v) is 3.64. The molecule has 3 rings (SSSR count). The summed E-state index contributed by atoms with van der Waals surface area (Å²) in [7, 11) is 0. The van der Waals surface area contributed by atoms with Crippen molar-refractivity contribution in [1.29, 1.82) is 0 Å². The van der Waals surface area contributed by atoms with E-state index < -0.39 is 12.2 Å². The van der Waals surface area contributed by atoms with Gasteiger partial charge in [-0.15, -0.1) is 8.78 Å². The SMILES string of the molecule is O=Cc1cc(Br)ccc1OCC(=O)Nc1ccc2c(c1)OC(F)(F)O2. The predicted molar refractivity (Wildman–Crippen MR) is 86.3 cm³/mol. The molecule has 25 heavy (non-hydrogen) atoms. The molecule has 130 valence electrons. The highest BCUT2D eigenvalue weighted by atomic mass is 79.9. The van der Waals surface area contributed by atoms with Gasteiger partial charge in [-0.25, -0.2) is 0 Å². The highest BCUT2D eigenvalue weighted by Crippen LogP contribution is 2.42. The first-order chi connectivity index (χ1) is 11.9. The Bertz CT molecular complexity index is 843. The van der Waals surface area contributed by atoms with E-state index in [2.05, 4.69) is 30.7 Å². The number of alkyl halides is 2. The molecular formula is C16H10BrF2NO5. The smallest absolute Gasteiger partial charge is 0.483 e. The van der Waals surface area contributed by atoms with E-state index in [-0.39, 0.29) is 35.1 Å². The van der Waals surface area contributed by atoms with Crippen molar-refractivity contribution in [2.24, 2.45) is 0 Å². The molecule has 0 saturated heterocycles. The molecule has 2 aromatic rings. The standard InChI is InChI=1S/C16H10BrF2NO5/c17-10-1-3-12(9(5-10)7-21)23-8-15(22)20-11-2-4-13-14(6-11)25-16(18,19)24-13/h1-7H,8H2,(H,20,22). The van der Waals surface area contributed by atoms with E-state index in [1.54, 1.807) is 18.2 Å². The summed E-state index contributed by atoms with van der Waals surface area (Å²) in [4.78, 5) is 22.9. The van der Waals surface area contributed by atoms with Crippen LogP contribution < -0.4 is 19.5 Å². The monoisotopic (exact) mass is 413 g/mol. The average molecular weight is 414 g/mol. The molecule has 0 aromatic heterocycles. The first-order valence-corrected chi connectivity index (χ1v) is 7.73. The van der Waals surface area contributed by atoms with E-state index in [0.29, 0.717) is 10.8 Å². The maximum Gasteiger partial charge on any atom is 0.586 e. The van der Waals surface area contributed by atoms with Crippen LogP contribution in [0, 0.1) is 0 Å². The molecule has 0 unspecified atom stereocenters. The molecule has 1 N–H and O–H groups in total. The molecule has 0 fully saturated rings. The molecule has 2 aromatic carbocycles. The van der Waals surface area contributed by atoms with E-state index in [1.165, 1.54) is 18.2 Å². The van der Waals surface area contributed by atoms with Gasteiger partial charge in [-0.2, -0.15) is 0 Å². The molecule has 0 saturated carbocycles. The van der Waals surface area contributed by atoms with Crippen LogP contribution in [0.3, 0.4) is 0 Å². The third kappa shape index (κ3) is 4.05. The molecule has 0 spiro atoms. The van der Waals surface area contributed by atoms with Crippen LogP contribution in [0.4, 0.5) is 14.5 Å². The number of carbonyl (C=O) groups is 2. The van der Waals surface area contributed by atoms with Crippen LogP contribution in [0.15, 0.2) is 40.9 Å². The summed E-state index contributed by atoms with van der Waals surface area (Å²) in [6.45, 7) is -0.368. The number of halogens is 3. The van der Waals surface area contributed by atoms with Gasteiger partial charge in [-0.3, -0.25) is 9.59 Å². The number of ether oxygens (including phenoxy) is 3. The number of fused-ring (bicyclic) bond motifs is 1. The number of hydrogen-bond acceptors (Lipinski definition) is 5. The Labute approximate surface area is 148 Å². The van der Waals surface area contributed by atoms with Crippen LogP contribution in [0.5, 0.6) is 17.2 Å². The fraction of sp³-hybridized carbons (Fsp3) is 0.125. The molecule has 1 aliphatic rings. The lowest BCUT2D eigenvalue weighted by Crippen LogP contribution is -2.25. The van der Waals surface area contributed by atoms with Crippen molar-refractivity contribution in [2.45, 2.75) is 6.29 Å². The summed E-state index contributed by atoms with van der Waals surface area (Å²) in [6, 6.07) is 8.62. The van der Waals surface area contributed by atoms with E-state index >= 15 is 0 Å². The van der Waals surface area contributed by atoms with Crippen LogP contribution in [-0.4, -0.2) is 25.1 Å². The number of aldehydes is 1. The molecule has 0 radical (unpaired) electrons. The fourth-order valence-corrected chi connectivity index (χ4v) is 2.49. The van der Waals surface area contributed by atoms with Crippen molar-refractivity contribution in [2.75, 3.05) is 11.9 Å². The number of benzene rings is 2. The molecule has 6 nitrogen and oxygen atoms in total. The summed E-state index contributed by atoms with van der Waals surface area (Å²) in [6.07, 6.45) is -3.11. The molecule has 0 atom stereocenters. The van der Waals surface area contributed by atoms with Crippen LogP contribution >= 0.6 is 15.9 Å². The van der Waals surface area contributed by atoms with Crippen LogP contribution in [-0.2, 0) is 4.79 Å². The second kappa shape index (κ2) is 6.67. The highest BCUT2D eigenvalue weighted by molar-refractivity contribution is 9.10. The van der Waals surface area contributed by atoms with E-state index in [1.807, 2.05) is 0 Å². The van der Waals surface area contributed by atoms with Crippen LogP contribution in [0.25, 0.3) is 0 Å². The zero-order valence-corrected chi connectivity index (χ0v) is 14.0. The van der Waals surface area contributed by atoms with E-state index in [4.69, 9.17) is 4.74 Å². The first kappa shape index (κ1) is 17.2. The number of carbonyl (C=O) groups excluding carboxylic acids is 2. The highest BCUT2D eigenvalue weighted by Gasteiger charge is 2.43. The third-order valence-electron chi connectivity index (χ3n) is 3.14. The van der Waals surface area contributed by atoms with Crippen molar-refractivity contribution in [3.05, 3.63) is 46.4 Å². The summed E-state index contributed by atoms with van der Waals surface area (Å²) in [5, 5.41) is 2.48. The largest absolute Gasteiger partial charge is 0.586 e. The minimum absolute atomic E-state index is 0.121. The van der Waals surface area contributed by atoms with Gasteiger partial charge < -0.3 is 19.5 Å². The van der Waals surface area contributed by atoms with Gasteiger partial charge in [0.1, 0.15) is 5.75 Å². The molecular weight excluding hydrogens is 404 g/mol. The van der Waals surface area contributed by atoms with Gasteiger partial charge in [0, 0.05) is 16.2 Å². The fourth-order valence-electron chi connectivity index (χ4n) is 2.11. The normalized spacial score (nSPS) is 14.0. The Morgan fingerprint density at radius 1 is 1.20 bits per heavy atom. The quantitative estimate of drug-likeness (QED) is 0.758. The Morgan fingerprint density at radius 2 is 1.96 bits per heavy atom. The van der Waals surface area contributed by atoms with Gasteiger partial charge in [0.15, 0.2) is 24.4 Å². The van der Waals surface area contributed by atoms with E-state index in [9.17, 15) is 18.4 Å².